The summed E-state index contributed by atoms with van der Waals surface area (Å²) >= 11 is 0. The van der Waals surface area contributed by atoms with Crippen LogP contribution < -0.4 is 0 Å². The lowest BCUT2D eigenvalue weighted by molar-refractivity contribution is -0.142. The number of esters is 1. The molecule has 0 spiro atoms. The molecule has 0 aliphatic rings. The van der Waals surface area contributed by atoms with E-state index in [1.165, 1.54) is 0 Å². The fourth-order valence-electron chi connectivity index (χ4n) is 0.263. The zero-order valence-corrected chi connectivity index (χ0v) is 4.52. The Hall–Kier alpha value is -0.600. The summed E-state index contributed by atoms with van der Waals surface area (Å²) in [5, 5.41) is 0. The van der Waals surface area contributed by atoms with Crippen LogP contribution in [0.15, 0.2) is 0 Å². The molecule has 0 aliphatic heterocycles. The van der Waals surface area contributed by atoms with Gasteiger partial charge in [0.1, 0.15) is 0 Å². The molecule has 0 aromatic rings. The zero-order valence-electron chi connectivity index (χ0n) is 4.52. The lowest BCUT2D eigenvalue weighted by atomic mass is 10.5. The molecule has 0 aromatic heterocycles. The van der Waals surface area contributed by atoms with Gasteiger partial charge in [0.2, 0.25) is 0 Å². The molecule has 47 valence electrons. The number of carbonyl (C=O) groups excluding carboxylic acids is 1. The minimum atomic E-state index is -0.654. The predicted octanol–water partition coefficient (Wildman–Crippen LogP) is 0.723. The molecular weight excluding hydrogens is 111 g/mol. The van der Waals surface area contributed by atoms with E-state index in [1.807, 2.05) is 0 Å². The average molecular weight is 119 g/mol. The molecule has 0 unspecified atom stereocenters. The summed E-state index contributed by atoms with van der Waals surface area (Å²) in [5.74, 6) is -0.525. The van der Waals surface area contributed by atoms with Crippen LogP contribution in [0.25, 0.3) is 0 Å². The van der Waals surface area contributed by atoms with Crippen LogP contribution in [-0.4, -0.2) is 19.3 Å². The minimum absolute atomic E-state index is 0.0822. The Morgan fingerprint density at radius 2 is 2.38 bits per heavy atom. The van der Waals surface area contributed by atoms with Gasteiger partial charge in [-0.25, -0.2) is 0 Å². The van der Waals surface area contributed by atoms with E-state index in [0.29, 0.717) is 0 Å². The van der Waals surface area contributed by atoms with Gasteiger partial charge in [0, 0.05) is 0 Å². The second-order valence-electron chi connectivity index (χ2n) is 1.16. The normalized spacial score (nSPS) is 8.75. The molecule has 0 heterocycles. The van der Waals surface area contributed by atoms with Crippen molar-refractivity contribution >= 4 is 5.97 Å². The van der Waals surface area contributed by atoms with Gasteiger partial charge in [-0.3, -0.25) is 9.18 Å². The van der Waals surface area contributed by atoms with Crippen molar-refractivity contribution in [2.45, 2.75) is 6.42 Å². The summed E-state index contributed by atoms with van der Waals surface area (Å²) in [6.45, 7) is 2.67. The van der Waals surface area contributed by atoms with Gasteiger partial charge in [-0.1, -0.05) is 0 Å². The standard InChI is InChI=1S/C5H8FO2/c1-2-8-5(7)3-4-6/h1-4H2. The van der Waals surface area contributed by atoms with E-state index in [-0.39, 0.29) is 13.0 Å². The molecule has 0 bridgehead atoms. The highest BCUT2D eigenvalue weighted by molar-refractivity contribution is 5.69. The molecule has 0 N–H and O–H groups in total. The maximum atomic E-state index is 11.2. The Morgan fingerprint density at radius 3 is 2.75 bits per heavy atom. The highest BCUT2D eigenvalue weighted by Gasteiger charge is 1.97. The van der Waals surface area contributed by atoms with Crippen LogP contribution in [0.3, 0.4) is 0 Å². The Kier molecular flexibility index (Phi) is 4.21. The first-order valence-electron chi connectivity index (χ1n) is 2.32. The van der Waals surface area contributed by atoms with Crippen molar-refractivity contribution in [2.24, 2.45) is 0 Å². The molecule has 2 nitrogen and oxygen atoms in total. The molecule has 0 rings (SSSR count). The van der Waals surface area contributed by atoms with Gasteiger partial charge in [0.25, 0.3) is 0 Å². The van der Waals surface area contributed by atoms with Gasteiger partial charge in [0.15, 0.2) is 0 Å². The van der Waals surface area contributed by atoms with E-state index in [9.17, 15) is 9.18 Å². The van der Waals surface area contributed by atoms with E-state index in [0.717, 1.165) is 0 Å². The molecule has 0 amide bonds. The fraction of sp³-hybridized carbons (Fsp3) is 0.600. The molecule has 0 atom stereocenters. The van der Waals surface area contributed by atoms with Crippen LogP contribution in [0.4, 0.5) is 4.39 Å². The molecular formula is C5H8FO2. The van der Waals surface area contributed by atoms with E-state index < -0.39 is 12.6 Å². The summed E-state index contributed by atoms with van der Waals surface area (Å²) in [7, 11) is 0. The predicted molar refractivity (Wildman–Crippen MR) is 26.9 cm³/mol. The van der Waals surface area contributed by atoms with Crippen molar-refractivity contribution in [2.75, 3.05) is 13.3 Å². The highest BCUT2D eigenvalue weighted by atomic mass is 19.1. The van der Waals surface area contributed by atoms with Gasteiger partial charge in [0.05, 0.1) is 19.7 Å². The third-order valence-electron chi connectivity index (χ3n) is 0.562. The fourth-order valence-corrected chi connectivity index (χ4v) is 0.263. The first-order chi connectivity index (χ1) is 3.81. The summed E-state index contributed by atoms with van der Waals surface area (Å²) < 4.78 is 15.5. The van der Waals surface area contributed by atoms with Crippen LogP contribution in [0, 0.1) is 6.92 Å². The quantitative estimate of drug-likeness (QED) is 0.512. The van der Waals surface area contributed by atoms with E-state index in [4.69, 9.17) is 0 Å². The lowest BCUT2D eigenvalue weighted by Crippen LogP contribution is -2.03. The Balaban J connectivity index is 3.06. The van der Waals surface area contributed by atoms with Crippen molar-refractivity contribution in [3.8, 4) is 0 Å². The topological polar surface area (TPSA) is 26.3 Å². The van der Waals surface area contributed by atoms with Gasteiger partial charge in [-0.05, 0) is 6.92 Å². The summed E-state index contributed by atoms with van der Waals surface area (Å²) in [6, 6.07) is 0. The van der Waals surface area contributed by atoms with Crippen molar-refractivity contribution in [1.82, 2.24) is 0 Å². The number of halogens is 1. The Labute approximate surface area is 47.6 Å². The number of carbonyl (C=O) groups is 1. The summed E-state index contributed by atoms with van der Waals surface area (Å²) in [5.41, 5.74) is 0. The van der Waals surface area contributed by atoms with Crippen LogP contribution in [0.1, 0.15) is 6.42 Å². The van der Waals surface area contributed by atoms with Crippen LogP contribution in [-0.2, 0) is 9.53 Å². The monoisotopic (exact) mass is 119 g/mol. The molecule has 0 saturated carbocycles. The van der Waals surface area contributed by atoms with Crippen LogP contribution in [0.5, 0.6) is 0 Å². The third kappa shape index (κ3) is 3.59. The summed E-state index contributed by atoms with van der Waals surface area (Å²) in [6.07, 6.45) is -0.157. The number of hydrogen-bond acceptors (Lipinski definition) is 2. The zero-order chi connectivity index (χ0) is 6.41. The van der Waals surface area contributed by atoms with Crippen molar-refractivity contribution < 1.29 is 13.9 Å². The first kappa shape index (κ1) is 7.40. The van der Waals surface area contributed by atoms with Gasteiger partial charge >= 0.3 is 5.97 Å². The highest BCUT2D eigenvalue weighted by Crippen LogP contribution is 1.84. The van der Waals surface area contributed by atoms with Crippen molar-refractivity contribution in [3.63, 3.8) is 0 Å². The largest absolute Gasteiger partial charge is 0.466 e. The lowest BCUT2D eigenvalue weighted by Gasteiger charge is -1.95. The maximum absolute atomic E-state index is 11.2. The third-order valence-corrected chi connectivity index (χ3v) is 0.562. The van der Waals surface area contributed by atoms with E-state index in [1.54, 1.807) is 0 Å². The molecule has 0 saturated heterocycles. The van der Waals surface area contributed by atoms with Crippen LogP contribution in [0.2, 0.25) is 0 Å². The molecule has 0 fully saturated rings. The van der Waals surface area contributed by atoms with Gasteiger partial charge in [-0.15, -0.1) is 0 Å². The maximum Gasteiger partial charge on any atom is 0.308 e. The van der Waals surface area contributed by atoms with E-state index in [2.05, 4.69) is 11.7 Å². The summed E-state index contributed by atoms with van der Waals surface area (Å²) in [4.78, 5) is 10.1. The van der Waals surface area contributed by atoms with Crippen molar-refractivity contribution in [1.29, 1.82) is 0 Å². The number of alkyl halides is 1. The molecule has 0 aliphatic carbocycles. The second-order valence-corrected chi connectivity index (χ2v) is 1.16. The molecule has 1 radical (unpaired) electrons. The number of ether oxygens (including phenoxy) is 1. The Morgan fingerprint density at radius 1 is 1.75 bits per heavy atom. The van der Waals surface area contributed by atoms with Crippen molar-refractivity contribution in [3.05, 3.63) is 6.92 Å². The van der Waals surface area contributed by atoms with Crippen LogP contribution >= 0.6 is 0 Å². The smallest absolute Gasteiger partial charge is 0.308 e. The second kappa shape index (κ2) is 4.56. The molecule has 8 heavy (non-hydrogen) atoms. The average Bonchev–Trinajstić information content (AvgIpc) is 1.68. The Bertz CT molecular complexity index is 64.8. The number of rotatable bonds is 3. The van der Waals surface area contributed by atoms with E-state index >= 15 is 0 Å². The number of hydrogen-bond donors (Lipinski definition) is 0. The first-order valence-corrected chi connectivity index (χ1v) is 2.32. The SMILES string of the molecule is [CH2]COC(=O)CCF. The molecule has 0 aromatic carbocycles. The van der Waals surface area contributed by atoms with Gasteiger partial charge in [-0.2, -0.15) is 0 Å². The minimum Gasteiger partial charge on any atom is -0.466 e. The van der Waals surface area contributed by atoms with Gasteiger partial charge < -0.3 is 4.74 Å². The molecule has 3 heteroatoms.